The summed E-state index contributed by atoms with van der Waals surface area (Å²) in [4.78, 5) is 2.58. The van der Waals surface area contributed by atoms with Crippen LogP contribution in [0.25, 0.3) is 0 Å². The maximum atomic E-state index is 5.72. The van der Waals surface area contributed by atoms with Gasteiger partial charge in [-0.05, 0) is 38.1 Å². The van der Waals surface area contributed by atoms with Crippen molar-refractivity contribution in [3.8, 4) is 0 Å². The largest absolute Gasteiger partial charge is 0.381 e. The SMILES string of the molecule is CC(C)C(C)C1CC2(CCCOC2)CN1C. The molecule has 0 radical (unpaired) electrons. The molecule has 2 aliphatic rings. The molecule has 2 rings (SSSR count). The zero-order chi connectivity index (χ0) is 11.8. The minimum Gasteiger partial charge on any atom is -0.381 e. The second-order valence-corrected chi connectivity index (χ2v) is 6.45. The highest BCUT2D eigenvalue weighted by molar-refractivity contribution is 4.97. The molecule has 16 heavy (non-hydrogen) atoms. The van der Waals surface area contributed by atoms with Crippen LogP contribution in [0.3, 0.4) is 0 Å². The van der Waals surface area contributed by atoms with Crippen molar-refractivity contribution in [1.29, 1.82) is 0 Å². The third-order valence-corrected chi connectivity index (χ3v) is 4.86. The Morgan fingerprint density at radius 2 is 2.06 bits per heavy atom. The lowest BCUT2D eigenvalue weighted by atomic mass is 9.77. The third kappa shape index (κ3) is 2.28. The molecule has 0 aliphatic carbocycles. The Labute approximate surface area is 100 Å². The van der Waals surface area contributed by atoms with Crippen LogP contribution in [0.4, 0.5) is 0 Å². The van der Waals surface area contributed by atoms with Crippen LogP contribution in [0.1, 0.15) is 40.0 Å². The fourth-order valence-corrected chi connectivity index (χ4v) is 3.54. The highest BCUT2D eigenvalue weighted by Crippen LogP contribution is 2.43. The Morgan fingerprint density at radius 3 is 2.62 bits per heavy atom. The summed E-state index contributed by atoms with van der Waals surface area (Å²) in [5.74, 6) is 1.58. The maximum Gasteiger partial charge on any atom is 0.0535 e. The van der Waals surface area contributed by atoms with Gasteiger partial charge in [-0.2, -0.15) is 0 Å². The number of hydrogen-bond donors (Lipinski definition) is 0. The van der Waals surface area contributed by atoms with Crippen molar-refractivity contribution in [2.45, 2.75) is 46.1 Å². The van der Waals surface area contributed by atoms with E-state index in [-0.39, 0.29) is 0 Å². The minimum atomic E-state index is 0.487. The predicted octanol–water partition coefficient (Wildman–Crippen LogP) is 2.78. The van der Waals surface area contributed by atoms with E-state index in [1.807, 2.05) is 0 Å². The van der Waals surface area contributed by atoms with E-state index in [0.717, 1.165) is 31.1 Å². The monoisotopic (exact) mass is 225 g/mol. The van der Waals surface area contributed by atoms with Crippen LogP contribution >= 0.6 is 0 Å². The van der Waals surface area contributed by atoms with Gasteiger partial charge < -0.3 is 9.64 Å². The molecule has 2 heteroatoms. The second-order valence-electron chi connectivity index (χ2n) is 6.45. The fourth-order valence-electron chi connectivity index (χ4n) is 3.54. The van der Waals surface area contributed by atoms with E-state index in [0.29, 0.717) is 5.41 Å². The van der Waals surface area contributed by atoms with Crippen molar-refractivity contribution in [3.63, 3.8) is 0 Å². The van der Waals surface area contributed by atoms with E-state index in [4.69, 9.17) is 4.74 Å². The van der Waals surface area contributed by atoms with Crippen LogP contribution in [0.5, 0.6) is 0 Å². The van der Waals surface area contributed by atoms with Gasteiger partial charge >= 0.3 is 0 Å². The molecule has 1 spiro atoms. The molecule has 0 aromatic rings. The molecule has 0 aromatic carbocycles. The number of nitrogens with zero attached hydrogens (tertiary/aromatic N) is 1. The van der Waals surface area contributed by atoms with Gasteiger partial charge in [-0.15, -0.1) is 0 Å². The molecule has 94 valence electrons. The smallest absolute Gasteiger partial charge is 0.0535 e. The van der Waals surface area contributed by atoms with Crippen molar-refractivity contribution in [2.24, 2.45) is 17.3 Å². The van der Waals surface area contributed by atoms with E-state index >= 15 is 0 Å². The average Bonchev–Trinajstić information content (AvgIpc) is 2.55. The molecule has 0 aromatic heterocycles. The maximum absolute atomic E-state index is 5.72. The first kappa shape index (κ1) is 12.4. The van der Waals surface area contributed by atoms with Crippen LogP contribution in [0.2, 0.25) is 0 Å². The summed E-state index contributed by atoms with van der Waals surface area (Å²) in [5, 5.41) is 0. The molecule has 3 atom stereocenters. The topological polar surface area (TPSA) is 12.5 Å². The number of rotatable bonds is 2. The molecule has 0 amide bonds. The van der Waals surface area contributed by atoms with Crippen molar-refractivity contribution < 1.29 is 4.74 Å². The molecule has 0 N–H and O–H groups in total. The normalized spacial score (nSPS) is 38.4. The highest BCUT2D eigenvalue weighted by Gasteiger charge is 2.45. The molecule has 2 heterocycles. The van der Waals surface area contributed by atoms with Gasteiger partial charge in [0, 0.05) is 24.6 Å². The molecular formula is C14H27NO. The van der Waals surface area contributed by atoms with Crippen LogP contribution < -0.4 is 0 Å². The van der Waals surface area contributed by atoms with Crippen LogP contribution in [0, 0.1) is 17.3 Å². The molecule has 2 nitrogen and oxygen atoms in total. The van der Waals surface area contributed by atoms with Gasteiger partial charge in [0.05, 0.1) is 6.61 Å². The number of ether oxygens (including phenoxy) is 1. The van der Waals surface area contributed by atoms with Gasteiger partial charge in [0.15, 0.2) is 0 Å². The first-order chi connectivity index (χ1) is 7.54. The third-order valence-electron chi connectivity index (χ3n) is 4.86. The summed E-state index contributed by atoms with van der Waals surface area (Å²) in [6.07, 6.45) is 3.98. The zero-order valence-corrected chi connectivity index (χ0v) is 11.3. The van der Waals surface area contributed by atoms with Crippen molar-refractivity contribution in [2.75, 3.05) is 26.8 Å². The average molecular weight is 225 g/mol. The fraction of sp³-hybridized carbons (Fsp3) is 1.00. The van der Waals surface area contributed by atoms with Gasteiger partial charge in [0.2, 0.25) is 0 Å². The lowest BCUT2D eigenvalue weighted by Gasteiger charge is -2.33. The van der Waals surface area contributed by atoms with E-state index in [1.165, 1.54) is 25.8 Å². The lowest BCUT2D eigenvalue weighted by Crippen LogP contribution is -2.34. The van der Waals surface area contributed by atoms with Crippen LogP contribution in [-0.2, 0) is 4.74 Å². The first-order valence-electron chi connectivity index (χ1n) is 6.82. The number of hydrogen-bond acceptors (Lipinski definition) is 2. The summed E-state index contributed by atoms with van der Waals surface area (Å²) in [6.45, 7) is 10.3. The molecule has 3 unspecified atom stereocenters. The summed E-state index contributed by atoms with van der Waals surface area (Å²) < 4.78 is 5.72. The van der Waals surface area contributed by atoms with Crippen LogP contribution in [-0.4, -0.2) is 37.7 Å². The van der Waals surface area contributed by atoms with Gasteiger partial charge in [-0.1, -0.05) is 20.8 Å². The molecule has 0 saturated carbocycles. The Hall–Kier alpha value is -0.0800. The lowest BCUT2D eigenvalue weighted by molar-refractivity contribution is -0.00160. The minimum absolute atomic E-state index is 0.487. The first-order valence-corrected chi connectivity index (χ1v) is 6.82. The van der Waals surface area contributed by atoms with E-state index in [1.54, 1.807) is 0 Å². The van der Waals surface area contributed by atoms with Crippen LogP contribution in [0.15, 0.2) is 0 Å². The van der Waals surface area contributed by atoms with Crippen molar-refractivity contribution >= 4 is 0 Å². The van der Waals surface area contributed by atoms with Gasteiger partial charge in [0.25, 0.3) is 0 Å². The number of likely N-dealkylation sites (tertiary alicyclic amines) is 1. The van der Waals surface area contributed by atoms with Crippen molar-refractivity contribution in [1.82, 2.24) is 4.90 Å². The summed E-state index contributed by atoms with van der Waals surface area (Å²) in [7, 11) is 2.30. The molecule has 2 fully saturated rings. The van der Waals surface area contributed by atoms with Gasteiger partial charge in [0.1, 0.15) is 0 Å². The molecular weight excluding hydrogens is 198 g/mol. The van der Waals surface area contributed by atoms with Crippen molar-refractivity contribution in [3.05, 3.63) is 0 Å². The summed E-state index contributed by atoms with van der Waals surface area (Å²) >= 11 is 0. The van der Waals surface area contributed by atoms with E-state index in [2.05, 4.69) is 32.7 Å². The Kier molecular flexibility index (Phi) is 3.60. The quantitative estimate of drug-likeness (QED) is 0.716. The molecule has 0 bridgehead atoms. The van der Waals surface area contributed by atoms with E-state index in [9.17, 15) is 0 Å². The Morgan fingerprint density at radius 1 is 1.31 bits per heavy atom. The second kappa shape index (κ2) is 4.66. The Bertz CT molecular complexity index is 233. The predicted molar refractivity (Wildman–Crippen MR) is 67.5 cm³/mol. The summed E-state index contributed by atoms with van der Waals surface area (Å²) in [5.41, 5.74) is 0.487. The summed E-state index contributed by atoms with van der Waals surface area (Å²) in [6, 6.07) is 0.765. The molecule has 2 aliphatic heterocycles. The Balaban J connectivity index is 2.02. The van der Waals surface area contributed by atoms with E-state index < -0.39 is 0 Å². The standard InChI is InChI=1S/C14H27NO/c1-11(2)12(3)13-8-14(9-15(13)4)6-5-7-16-10-14/h11-13H,5-10H2,1-4H3. The van der Waals surface area contributed by atoms with Gasteiger partial charge in [-0.25, -0.2) is 0 Å². The zero-order valence-electron chi connectivity index (χ0n) is 11.3. The highest BCUT2D eigenvalue weighted by atomic mass is 16.5. The molecule has 2 saturated heterocycles. The van der Waals surface area contributed by atoms with Gasteiger partial charge in [-0.3, -0.25) is 0 Å².